The van der Waals surface area contributed by atoms with Crippen molar-refractivity contribution in [2.75, 3.05) is 0 Å². The number of aliphatic hydroxyl groups is 1. The fourth-order valence-electron chi connectivity index (χ4n) is 3.51. The van der Waals surface area contributed by atoms with Crippen molar-refractivity contribution in [3.63, 3.8) is 0 Å². The van der Waals surface area contributed by atoms with Gasteiger partial charge in [-0.3, -0.25) is 0 Å². The lowest BCUT2D eigenvalue weighted by Crippen LogP contribution is -2.29. The van der Waals surface area contributed by atoms with Gasteiger partial charge in [0.05, 0.1) is 0 Å². The maximum absolute atomic E-state index is 10.6. The molecule has 0 saturated heterocycles. The highest BCUT2D eigenvalue weighted by Crippen LogP contribution is 2.64. The second-order valence-corrected chi connectivity index (χ2v) is 5.30. The molecule has 0 radical (unpaired) electrons. The zero-order valence-corrected chi connectivity index (χ0v) is 9.58. The van der Waals surface area contributed by atoms with Crippen LogP contribution in [0.2, 0.25) is 0 Å². The first-order valence-corrected chi connectivity index (χ1v) is 6.21. The Bertz CT molecular complexity index is 559. The third kappa shape index (κ3) is 1.09. The Labute approximate surface area is 101 Å². The molecular weight excluding hydrogens is 210 g/mol. The van der Waals surface area contributed by atoms with Crippen LogP contribution in [0.1, 0.15) is 23.8 Å². The molecule has 0 amide bonds. The van der Waals surface area contributed by atoms with Gasteiger partial charge in [0.15, 0.2) is 0 Å². The van der Waals surface area contributed by atoms with Crippen LogP contribution in [0.4, 0.5) is 0 Å². The maximum Gasteiger partial charge on any atom is 0.104 e. The van der Waals surface area contributed by atoms with Crippen LogP contribution in [0.15, 0.2) is 48.7 Å². The van der Waals surface area contributed by atoms with Crippen molar-refractivity contribution in [2.24, 2.45) is 5.92 Å². The van der Waals surface area contributed by atoms with Crippen LogP contribution in [-0.4, -0.2) is 9.67 Å². The number of rotatable bonds is 1. The molecule has 86 valence electrons. The topological polar surface area (TPSA) is 25.2 Å². The summed E-state index contributed by atoms with van der Waals surface area (Å²) in [6.07, 6.45) is 2.84. The lowest BCUT2D eigenvalue weighted by molar-refractivity contribution is 0.102. The van der Waals surface area contributed by atoms with Crippen molar-refractivity contribution >= 4 is 0 Å². The smallest absolute Gasteiger partial charge is 0.104 e. The van der Waals surface area contributed by atoms with Crippen molar-refractivity contribution in [3.8, 4) is 0 Å². The highest BCUT2D eigenvalue weighted by molar-refractivity contribution is 5.40. The molecule has 1 fully saturated rings. The molecule has 1 aliphatic carbocycles. The molecule has 1 aromatic heterocycles. The van der Waals surface area contributed by atoms with Gasteiger partial charge in [0, 0.05) is 23.9 Å². The van der Waals surface area contributed by atoms with E-state index >= 15 is 0 Å². The van der Waals surface area contributed by atoms with Gasteiger partial charge in [-0.2, -0.15) is 0 Å². The minimum Gasteiger partial charge on any atom is -0.386 e. The molecule has 2 heteroatoms. The summed E-state index contributed by atoms with van der Waals surface area (Å²) in [5.41, 5.74) is 2.36. The second kappa shape index (κ2) is 3.02. The SMILES string of the molecule is OC1c2cccn2CC2CC21c1ccccc1. The molecule has 1 aromatic carbocycles. The predicted molar refractivity (Wildman–Crippen MR) is 65.6 cm³/mol. The third-order valence-corrected chi connectivity index (χ3v) is 4.51. The van der Waals surface area contributed by atoms with Gasteiger partial charge in [0.1, 0.15) is 6.10 Å². The van der Waals surface area contributed by atoms with Crippen molar-refractivity contribution < 1.29 is 5.11 Å². The fraction of sp³-hybridized carbons (Fsp3) is 0.333. The van der Waals surface area contributed by atoms with Gasteiger partial charge >= 0.3 is 0 Å². The van der Waals surface area contributed by atoms with E-state index in [2.05, 4.69) is 35.0 Å². The van der Waals surface area contributed by atoms with Crippen LogP contribution >= 0.6 is 0 Å². The average molecular weight is 225 g/mol. The predicted octanol–water partition coefficient (Wildman–Crippen LogP) is 2.49. The summed E-state index contributed by atoms with van der Waals surface area (Å²) in [6.45, 7) is 1.05. The van der Waals surface area contributed by atoms with Crippen LogP contribution < -0.4 is 0 Å². The van der Waals surface area contributed by atoms with Crippen LogP contribution in [0, 0.1) is 5.92 Å². The molecule has 2 aliphatic rings. The lowest BCUT2D eigenvalue weighted by atomic mass is 9.84. The van der Waals surface area contributed by atoms with Gasteiger partial charge in [-0.15, -0.1) is 0 Å². The van der Waals surface area contributed by atoms with E-state index in [1.807, 2.05) is 18.2 Å². The van der Waals surface area contributed by atoms with Crippen molar-refractivity contribution in [3.05, 3.63) is 59.9 Å². The monoisotopic (exact) mass is 225 g/mol. The molecule has 0 spiro atoms. The van der Waals surface area contributed by atoms with Crippen LogP contribution in [0.5, 0.6) is 0 Å². The Morgan fingerprint density at radius 3 is 2.76 bits per heavy atom. The van der Waals surface area contributed by atoms with Crippen molar-refractivity contribution in [2.45, 2.75) is 24.5 Å². The number of hydrogen-bond donors (Lipinski definition) is 1. The number of fused-ring (bicyclic) bond motifs is 2. The number of nitrogens with zero attached hydrogens (tertiary/aromatic N) is 1. The summed E-state index contributed by atoms with van der Waals surface area (Å²) in [5, 5.41) is 10.6. The summed E-state index contributed by atoms with van der Waals surface area (Å²) in [6, 6.07) is 14.6. The Morgan fingerprint density at radius 2 is 1.94 bits per heavy atom. The first-order valence-electron chi connectivity index (χ1n) is 6.21. The van der Waals surface area contributed by atoms with Gasteiger partial charge < -0.3 is 9.67 Å². The first-order chi connectivity index (χ1) is 8.32. The van der Waals surface area contributed by atoms with E-state index in [0.717, 1.165) is 18.7 Å². The quantitative estimate of drug-likeness (QED) is 0.792. The molecule has 3 atom stereocenters. The largest absolute Gasteiger partial charge is 0.386 e. The Kier molecular flexibility index (Phi) is 1.68. The van der Waals surface area contributed by atoms with Crippen LogP contribution in [0.25, 0.3) is 0 Å². The lowest BCUT2D eigenvalue weighted by Gasteiger charge is -2.30. The van der Waals surface area contributed by atoms with E-state index in [1.54, 1.807) is 0 Å². The molecule has 2 nitrogen and oxygen atoms in total. The standard InChI is InChI=1S/C15H15NO/c17-14-13-7-4-8-16(13)10-12-9-15(12,14)11-5-2-1-3-6-11/h1-8,12,14,17H,9-10H2. The molecule has 1 aliphatic heterocycles. The van der Waals surface area contributed by atoms with Gasteiger partial charge in [-0.1, -0.05) is 30.3 Å². The second-order valence-electron chi connectivity index (χ2n) is 5.30. The molecule has 17 heavy (non-hydrogen) atoms. The molecule has 0 bridgehead atoms. The zero-order chi connectivity index (χ0) is 11.5. The van der Waals surface area contributed by atoms with E-state index in [1.165, 1.54) is 5.56 Å². The molecule has 2 aromatic rings. The molecule has 3 unspecified atom stereocenters. The molecule has 1 saturated carbocycles. The molecule has 1 N–H and O–H groups in total. The summed E-state index contributed by atoms with van der Waals surface area (Å²) >= 11 is 0. The summed E-state index contributed by atoms with van der Waals surface area (Å²) in [5.74, 6) is 0.597. The minimum atomic E-state index is -0.348. The van der Waals surface area contributed by atoms with Crippen molar-refractivity contribution in [1.29, 1.82) is 0 Å². The summed E-state index contributed by atoms with van der Waals surface area (Å²) in [7, 11) is 0. The average Bonchev–Trinajstić information content (AvgIpc) is 2.92. The van der Waals surface area contributed by atoms with E-state index < -0.39 is 0 Å². The highest BCUT2D eigenvalue weighted by atomic mass is 16.3. The third-order valence-electron chi connectivity index (χ3n) is 4.51. The molecule has 2 heterocycles. The normalized spacial score (nSPS) is 33.9. The number of aromatic nitrogens is 1. The Balaban J connectivity index is 1.84. The highest BCUT2D eigenvalue weighted by Gasteiger charge is 2.62. The van der Waals surface area contributed by atoms with Crippen LogP contribution in [-0.2, 0) is 12.0 Å². The maximum atomic E-state index is 10.6. The summed E-state index contributed by atoms with van der Waals surface area (Å²) in [4.78, 5) is 0. The van der Waals surface area contributed by atoms with Gasteiger partial charge in [0.25, 0.3) is 0 Å². The van der Waals surface area contributed by atoms with Crippen molar-refractivity contribution in [1.82, 2.24) is 4.57 Å². The fourth-order valence-corrected chi connectivity index (χ4v) is 3.51. The van der Waals surface area contributed by atoms with Gasteiger partial charge in [-0.05, 0) is 30.0 Å². The number of aliphatic hydroxyl groups excluding tert-OH is 1. The Morgan fingerprint density at radius 1 is 1.12 bits per heavy atom. The number of hydrogen-bond acceptors (Lipinski definition) is 1. The van der Waals surface area contributed by atoms with Crippen LogP contribution in [0.3, 0.4) is 0 Å². The van der Waals surface area contributed by atoms with E-state index in [-0.39, 0.29) is 11.5 Å². The van der Waals surface area contributed by atoms with Gasteiger partial charge in [0.2, 0.25) is 0 Å². The first kappa shape index (κ1) is 9.49. The minimum absolute atomic E-state index is 0.00435. The zero-order valence-electron chi connectivity index (χ0n) is 9.58. The Hall–Kier alpha value is -1.54. The molecule has 4 rings (SSSR count). The van der Waals surface area contributed by atoms with E-state index in [4.69, 9.17) is 0 Å². The summed E-state index contributed by atoms with van der Waals surface area (Å²) < 4.78 is 2.20. The number of benzene rings is 1. The van der Waals surface area contributed by atoms with E-state index in [9.17, 15) is 5.11 Å². The van der Waals surface area contributed by atoms with E-state index in [0.29, 0.717) is 5.92 Å². The molecular formula is C15H15NO. The van der Waals surface area contributed by atoms with Gasteiger partial charge in [-0.25, -0.2) is 0 Å².